The molecule has 1 aromatic heterocycles. The van der Waals surface area contributed by atoms with Crippen LogP contribution in [0.15, 0.2) is 40.8 Å². The number of carbonyl (C=O) groups is 1. The van der Waals surface area contributed by atoms with Gasteiger partial charge in [0, 0.05) is 17.5 Å². The van der Waals surface area contributed by atoms with Crippen LogP contribution in [0.4, 0.5) is 0 Å². The van der Waals surface area contributed by atoms with E-state index in [0.717, 1.165) is 22.3 Å². The third-order valence-electron chi connectivity index (χ3n) is 4.57. The highest BCUT2D eigenvalue weighted by atomic mass is 16.5. The van der Waals surface area contributed by atoms with Crippen LogP contribution < -0.4 is 19.5 Å². The number of hydrogen-bond acceptors (Lipinski definition) is 5. The van der Waals surface area contributed by atoms with Crippen molar-refractivity contribution in [1.29, 1.82) is 0 Å². The van der Waals surface area contributed by atoms with Crippen molar-refractivity contribution in [3.63, 3.8) is 0 Å². The molecular formula is C22H25NO5. The molecule has 0 aliphatic rings. The average molecular weight is 383 g/mol. The number of aryl methyl sites for hydroxylation is 1. The van der Waals surface area contributed by atoms with Crippen LogP contribution in [-0.2, 0) is 6.42 Å². The molecule has 0 spiro atoms. The fourth-order valence-corrected chi connectivity index (χ4v) is 3.11. The molecule has 6 nitrogen and oxygen atoms in total. The zero-order valence-corrected chi connectivity index (χ0v) is 16.6. The lowest BCUT2D eigenvalue weighted by molar-refractivity contribution is 0.0928. The Labute approximate surface area is 164 Å². The molecule has 148 valence electrons. The normalized spacial score (nSPS) is 10.7. The lowest BCUT2D eigenvalue weighted by Crippen LogP contribution is -2.25. The molecule has 0 bridgehead atoms. The van der Waals surface area contributed by atoms with Crippen LogP contribution in [0.25, 0.3) is 11.0 Å². The van der Waals surface area contributed by atoms with Gasteiger partial charge in [0.25, 0.3) is 5.91 Å². The Bertz CT molecular complexity index is 976. The van der Waals surface area contributed by atoms with Gasteiger partial charge in [0.15, 0.2) is 17.3 Å². The van der Waals surface area contributed by atoms with E-state index in [2.05, 4.69) is 5.32 Å². The fourth-order valence-electron chi connectivity index (χ4n) is 3.11. The Morgan fingerprint density at radius 2 is 1.86 bits per heavy atom. The predicted molar refractivity (Wildman–Crippen MR) is 108 cm³/mol. The summed E-state index contributed by atoms with van der Waals surface area (Å²) in [6.07, 6.45) is 0.667. The van der Waals surface area contributed by atoms with E-state index in [1.165, 1.54) is 0 Å². The largest absolute Gasteiger partial charge is 0.494 e. The maximum absolute atomic E-state index is 12.6. The number of nitrogens with one attached hydrogen (secondary N) is 1. The van der Waals surface area contributed by atoms with E-state index < -0.39 is 0 Å². The molecule has 0 fully saturated rings. The van der Waals surface area contributed by atoms with Crippen molar-refractivity contribution in [2.24, 2.45) is 0 Å². The smallest absolute Gasteiger partial charge is 0.287 e. The van der Waals surface area contributed by atoms with Crippen LogP contribution in [0.1, 0.15) is 28.6 Å². The van der Waals surface area contributed by atoms with Gasteiger partial charge in [-0.2, -0.15) is 0 Å². The summed E-state index contributed by atoms with van der Waals surface area (Å²) < 4.78 is 21.8. The van der Waals surface area contributed by atoms with Gasteiger partial charge in [0.2, 0.25) is 0 Å². The van der Waals surface area contributed by atoms with Crippen molar-refractivity contribution < 1.29 is 23.4 Å². The summed E-state index contributed by atoms with van der Waals surface area (Å²) in [5.41, 5.74) is 2.52. The number of carbonyl (C=O) groups excluding carboxylic acids is 1. The summed E-state index contributed by atoms with van der Waals surface area (Å²) >= 11 is 0. The molecule has 0 aliphatic carbocycles. The maximum atomic E-state index is 12.6. The van der Waals surface area contributed by atoms with E-state index in [-0.39, 0.29) is 5.91 Å². The first-order valence-corrected chi connectivity index (χ1v) is 9.22. The number of methoxy groups -OCH3 is 2. The van der Waals surface area contributed by atoms with Crippen molar-refractivity contribution in [2.45, 2.75) is 20.3 Å². The molecule has 28 heavy (non-hydrogen) atoms. The summed E-state index contributed by atoms with van der Waals surface area (Å²) in [4.78, 5) is 12.6. The minimum Gasteiger partial charge on any atom is -0.494 e. The topological polar surface area (TPSA) is 69.9 Å². The molecule has 1 heterocycles. The van der Waals surface area contributed by atoms with Gasteiger partial charge in [-0.1, -0.05) is 6.07 Å². The second-order valence-corrected chi connectivity index (χ2v) is 6.34. The third-order valence-corrected chi connectivity index (χ3v) is 4.57. The summed E-state index contributed by atoms with van der Waals surface area (Å²) in [6.45, 7) is 4.88. The molecule has 1 N–H and O–H groups in total. The number of amides is 1. The number of rotatable bonds is 8. The van der Waals surface area contributed by atoms with E-state index in [9.17, 15) is 4.79 Å². The van der Waals surface area contributed by atoms with Crippen LogP contribution in [0.3, 0.4) is 0 Å². The van der Waals surface area contributed by atoms with Crippen LogP contribution in [0.5, 0.6) is 17.2 Å². The van der Waals surface area contributed by atoms with E-state index >= 15 is 0 Å². The second-order valence-electron chi connectivity index (χ2n) is 6.34. The average Bonchev–Trinajstić information content (AvgIpc) is 3.04. The van der Waals surface area contributed by atoms with Crippen LogP contribution >= 0.6 is 0 Å². The summed E-state index contributed by atoms with van der Waals surface area (Å²) in [7, 11) is 3.20. The summed E-state index contributed by atoms with van der Waals surface area (Å²) in [5.74, 6) is 2.21. The zero-order chi connectivity index (χ0) is 20.1. The molecule has 0 saturated carbocycles. The summed E-state index contributed by atoms with van der Waals surface area (Å²) in [6, 6.07) is 11.3. The molecule has 2 aromatic carbocycles. The molecule has 0 radical (unpaired) electrons. The van der Waals surface area contributed by atoms with Gasteiger partial charge in [0.05, 0.1) is 20.8 Å². The molecule has 1 amide bonds. The highest BCUT2D eigenvalue weighted by Gasteiger charge is 2.18. The van der Waals surface area contributed by atoms with Gasteiger partial charge in [-0.3, -0.25) is 4.79 Å². The standard InChI is InChI=1S/C22H25NO5/c1-5-27-16-7-9-18-17(13-16)14(2)21(28-18)22(24)23-11-10-15-6-8-19(25-3)20(12-15)26-4/h6-9,12-13H,5,10-11H2,1-4H3,(H,23,24). The quantitative estimate of drug-likeness (QED) is 0.633. The predicted octanol–water partition coefficient (Wildman–Crippen LogP) is 4.13. The van der Waals surface area contributed by atoms with E-state index in [1.54, 1.807) is 14.2 Å². The Kier molecular flexibility index (Phi) is 6.09. The van der Waals surface area contributed by atoms with E-state index in [1.807, 2.05) is 50.2 Å². The van der Waals surface area contributed by atoms with Crippen LogP contribution in [0, 0.1) is 6.92 Å². The van der Waals surface area contributed by atoms with E-state index in [4.69, 9.17) is 18.6 Å². The van der Waals surface area contributed by atoms with Gasteiger partial charge in [0.1, 0.15) is 11.3 Å². The molecule has 0 unspecified atom stereocenters. The Hall–Kier alpha value is -3.15. The van der Waals surface area contributed by atoms with Gasteiger partial charge in [-0.05, 0) is 56.2 Å². The molecule has 6 heteroatoms. The van der Waals surface area contributed by atoms with Gasteiger partial charge in [-0.25, -0.2) is 0 Å². The second kappa shape index (κ2) is 8.69. The van der Waals surface area contributed by atoms with Gasteiger partial charge >= 0.3 is 0 Å². The number of fused-ring (bicyclic) bond motifs is 1. The molecule has 3 rings (SSSR count). The Morgan fingerprint density at radius 3 is 2.57 bits per heavy atom. The number of benzene rings is 2. The lowest BCUT2D eigenvalue weighted by atomic mass is 10.1. The van der Waals surface area contributed by atoms with Gasteiger partial charge in [-0.15, -0.1) is 0 Å². The van der Waals surface area contributed by atoms with Crippen molar-refractivity contribution in [3.8, 4) is 17.2 Å². The molecule has 0 saturated heterocycles. The zero-order valence-electron chi connectivity index (χ0n) is 16.6. The van der Waals surface area contributed by atoms with Crippen LogP contribution in [0.2, 0.25) is 0 Å². The SMILES string of the molecule is CCOc1ccc2oc(C(=O)NCCc3ccc(OC)c(OC)c3)c(C)c2c1. The van der Waals surface area contributed by atoms with E-state index in [0.29, 0.717) is 42.4 Å². The van der Waals surface area contributed by atoms with Crippen molar-refractivity contribution >= 4 is 16.9 Å². The van der Waals surface area contributed by atoms with Crippen molar-refractivity contribution in [2.75, 3.05) is 27.4 Å². The molecule has 3 aromatic rings. The van der Waals surface area contributed by atoms with Crippen molar-refractivity contribution in [1.82, 2.24) is 5.32 Å². The third kappa shape index (κ3) is 4.06. The number of furan rings is 1. The fraction of sp³-hybridized carbons (Fsp3) is 0.318. The van der Waals surface area contributed by atoms with Crippen LogP contribution in [-0.4, -0.2) is 33.3 Å². The lowest BCUT2D eigenvalue weighted by Gasteiger charge is -2.10. The summed E-state index contributed by atoms with van der Waals surface area (Å²) in [5, 5.41) is 3.80. The molecular weight excluding hydrogens is 358 g/mol. The first-order valence-electron chi connectivity index (χ1n) is 9.22. The Morgan fingerprint density at radius 1 is 1.07 bits per heavy atom. The highest BCUT2D eigenvalue weighted by molar-refractivity contribution is 5.99. The molecule has 0 atom stereocenters. The Balaban J connectivity index is 1.67. The first kappa shape index (κ1) is 19.6. The minimum atomic E-state index is -0.230. The van der Waals surface area contributed by atoms with Crippen molar-refractivity contribution in [3.05, 3.63) is 53.3 Å². The highest BCUT2D eigenvalue weighted by Crippen LogP contribution is 2.29. The monoisotopic (exact) mass is 383 g/mol. The molecule has 0 aliphatic heterocycles. The number of ether oxygens (including phenoxy) is 3. The number of hydrogen-bond donors (Lipinski definition) is 1. The minimum absolute atomic E-state index is 0.230. The first-order chi connectivity index (χ1) is 13.6. The maximum Gasteiger partial charge on any atom is 0.287 e. The van der Waals surface area contributed by atoms with Gasteiger partial charge < -0.3 is 23.9 Å².